The summed E-state index contributed by atoms with van der Waals surface area (Å²) < 4.78 is 12.8. The first-order valence-electron chi connectivity index (χ1n) is 11.1. The third kappa shape index (κ3) is 5.48. The molecule has 7 nitrogen and oxygen atoms in total. The van der Waals surface area contributed by atoms with Crippen molar-refractivity contribution in [2.24, 2.45) is 11.7 Å². The number of thioether (sulfide) groups is 1. The van der Waals surface area contributed by atoms with Crippen molar-refractivity contribution >= 4 is 17.7 Å². The van der Waals surface area contributed by atoms with E-state index in [1.807, 2.05) is 48.5 Å². The second-order valence-corrected chi connectivity index (χ2v) is 9.25. The molecule has 8 heteroatoms. The van der Waals surface area contributed by atoms with Crippen molar-refractivity contribution in [3.05, 3.63) is 94.7 Å². The Morgan fingerprint density at radius 1 is 1.03 bits per heavy atom. The molecule has 2 heterocycles. The molecule has 0 aliphatic carbocycles. The first-order valence-corrected chi connectivity index (χ1v) is 12.1. The number of carbonyl (C=O) groups is 1. The Labute approximate surface area is 202 Å². The molecule has 4 atom stereocenters. The fraction of sp³-hybridized carbons (Fsp3) is 0.308. The number of pyridine rings is 1. The van der Waals surface area contributed by atoms with E-state index < -0.39 is 12.3 Å². The number of hydrogen-bond donors (Lipinski definition) is 3. The molecule has 0 amide bonds. The van der Waals surface area contributed by atoms with Gasteiger partial charge in [-0.3, -0.25) is 0 Å². The van der Waals surface area contributed by atoms with Crippen molar-refractivity contribution < 1.29 is 24.5 Å². The number of carboxylic acids is 1. The fourth-order valence-electron chi connectivity index (χ4n) is 3.95. The normalized spacial score (nSPS) is 22.4. The Morgan fingerprint density at radius 2 is 1.71 bits per heavy atom. The van der Waals surface area contributed by atoms with Gasteiger partial charge in [-0.2, -0.15) is 0 Å². The number of hydrogen-bond acceptors (Lipinski definition) is 7. The van der Waals surface area contributed by atoms with Crippen molar-refractivity contribution in [2.45, 2.75) is 43.6 Å². The molecule has 1 fully saturated rings. The van der Waals surface area contributed by atoms with E-state index in [4.69, 9.17) is 15.2 Å². The van der Waals surface area contributed by atoms with E-state index in [9.17, 15) is 15.0 Å². The quantitative estimate of drug-likeness (QED) is 0.409. The van der Waals surface area contributed by atoms with Gasteiger partial charge in [-0.15, -0.1) is 11.8 Å². The second-order valence-electron chi connectivity index (χ2n) is 8.24. The minimum Gasteiger partial charge on any atom is -0.478 e. The molecule has 0 saturated carbocycles. The third-order valence-electron chi connectivity index (χ3n) is 6.00. The van der Waals surface area contributed by atoms with Gasteiger partial charge < -0.3 is 25.4 Å². The third-order valence-corrected chi connectivity index (χ3v) is 7.09. The van der Waals surface area contributed by atoms with Crippen LogP contribution >= 0.6 is 11.8 Å². The summed E-state index contributed by atoms with van der Waals surface area (Å²) in [5.74, 6) is -0.495. The molecule has 178 valence electrons. The molecule has 0 spiro atoms. The molecule has 3 aromatic rings. The van der Waals surface area contributed by atoms with E-state index in [1.165, 1.54) is 11.8 Å². The molecule has 4 N–H and O–H groups in total. The van der Waals surface area contributed by atoms with Crippen molar-refractivity contribution in [1.29, 1.82) is 0 Å². The largest absolute Gasteiger partial charge is 0.478 e. The van der Waals surface area contributed by atoms with Gasteiger partial charge in [0, 0.05) is 30.0 Å². The van der Waals surface area contributed by atoms with Crippen molar-refractivity contribution in [3.63, 3.8) is 0 Å². The van der Waals surface area contributed by atoms with Crippen LogP contribution in [-0.2, 0) is 22.6 Å². The minimum atomic E-state index is -1.00. The Hall–Kier alpha value is -2.75. The minimum absolute atomic E-state index is 0.0102. The average Bonchev–Trinajstić information content (AvgIpc) is 2.88. The second kappa shape index (κ2) is 11.1. The first-order chi connectivity index (χ1) is 16.5. The number of aliphatic hydroxyl groups is 1. The lowest BCUT2D eigenvalue weighted by Crippen LogP contribution is -2.38. The summed E-state index contributed by atoms with van der Waals surface area (Å²) in [7, 11) is 0. The van der Waals surface area contributed by atoms with Crippen molar-refractivity contribution in [2.75, 3.05) is 5.75 Å². The predicted octanol–water partition coefficient (Wildman–Crippen LogP) is 4.31. The molecule has 4 rings (SSSR count). The van der Waals surface area contributed by atoms with Crippen LogP contribution in [0.2, 0.25) is 0 Å². The van der Waals surface area contributed by atoms with Crippen LogP contribution in [0.3, 0.4) is 0 Å². The number of nitrogens with two attached hydrogens (primary N) is 1. The molecule has 1 aliphatic rings. The topological polar surface area (TPSA) is 115 Å². The zero-order valence-corrected chi connectivity index (χ0v) is 19.7. The van der Waals surface area contributed by atoms with E-state index in [0.717, 1.165) is 22.3 Å². The molecular formula is C26H28N2O5S. The smallest absolute Gasteiger partial charge is 0.338 e. The number of carboxylic acid groups (broad SMARTS) is 1. The molecule has 34 heavy (non-hydrogen) atoms. The highest BCUT2D eigenvalue weighted by Crippen LogP contribution is 2.43. The maximum Gasteiger partial charge on any atom is 0.338 e. The molecule has 1 aliphatic heterocycles. The molecule has 0 bridgehead atoms. The van der Waals surface area contributed by atoms with Gasteiger partial charge in [0.2, 0.25) is 0 Å². The lowest BCUT2D eigenvalue weighted by atomic mass is 9.91. The Morgan fingerprint density at radius 3 is 2.35 bits per heavy atom. The number of benzene rings is 2. The fourth-order valence-corrected chi connectivity index (χ4v) is 5.10. The summed E-state index contributed by atoms with van der Waals surface area (Å²) >= 11 is 1.37. The van der Waals surface area contributed by atoms with Crippen LogP contribution in [0.5, 0.6) is 0 Å². The van der Waals surface area contributed by atoms with Crippen molar-refractivity contribution in [1.82, 2.24) is 4.98 Å². The number of aromatic nitrogens is 1. The lowest BCUT2D eigenvalue weighted by Gasteiger charge is -2.41. The predicted molar refractivity (Wildman–Crippen MR) is 129 cm³/mol. The van der Waals surface area contributed by atoms with Gasteiger partial charge in [-0.05, 0) is 28.8 Å². The Balaban J connectivity index is 1.60. The number of rotatable bonds is 8. The van der Waals surface area contributed by atoms with Gasteiger partial charge in [-0.1, -0.05) is 55.5 Å². The highest BCUT2D eigenvalue weighted by atomic mass is 32.2. The molecular weight excluding hydrogens is 452 g/mol. The van der Waals surface area contributed by atoms with Gasteiger partial charge in [-0.25, -0.2) is 9.78 Å². The molecule has 4 unspecified atom stereocenters. The molecule has 0 radical (unpaired) electrons. The van der Waals surface area contributed by atoms with Crippen LogP contribution in [0.25, 0.3) is 0 Å². The van der Waals surface area contributed by atoms with Crippen LogP contribution < -0.4 is 5.73 Å². The molecule has 2 aromatic carbocycles. The van der Waals surface area contributed by atoms with E-state index >= 15 is 0 Å². The summed E-state index contributed by atoms with van der Waals surface area (Å²) in [6.45, 7) is 2.51. The van der Waals surface area contributed by atoms with Gasteiger partial charge in [0.1, 0.15) is 5.03 Å². The SMILES string of the molecule is CC1C(CSc2ncccc2C(=O)O)OC(c2ccc(CN)cc2)OC1c1ccc(CO)cc1. The summed E-state index contributed by atoms with van der Waals surface area (Å²) in [5, 5.41) is 19.3. The Bertz CT molecular complexity index is 1110. The van der Waals surface area contributed by atoms with Gasteiger partial charge in [0.25, 0.3) is 0 Å². The van der Waals surface area contributed by atoms with Crippen LogP contribution in [0.4, 0.5) is 0 Å². The van der Waals surface area contributed by atoms with Crippen LogP contribution in [0.1, 0.15) is 51.9 Å². The summed E-state index contributed by atoms with van der Waals surface area (Å²) in [6, 6.07) is 18.7. The van der Waals surface area contributed by atoms with Gasteiger partial charge in [0.15, 0.2) is 6.29 Å². The maximum absolute atomic E-state index is 11.6. The number of aromatic carboxylic acids is 1. The van der Waals surface area contributed by atoms with Crippen LogP contribution in [0.15, 0.2) is 71.9 Å². The van der Waals surface area contributed by atoms with Crippen LogP contribution in [-0.4, -0.2) is 33.0 Å². The van der Waals surface area contributed by atoms with Crippen LogP contribution in [0, 0.1) is 5.92 Å². The average molecular weight is 481 g/mol. The lowest BCUT2D eigenvalue weighted by molar-refractivity contribution is -0.268. The molecule has 1 saturated heterocycles. The van der Waals surface area contributed by atoms with Crippen molar-refractivity contribution in [3.8, 4) is 0 Å². The standard InChI is InChI=1S/C26H28N2O5S/c1-16-22(15-34-24-21(25(30)31)3-2-12-28-24)32-26(20-10-4-17(13-27)5-11-20)33-23(16)19-8-6-18(14-29)7-9-19/h2-12,16,22-23,26,29H,13-15,27H2,1H3,(H,30,31). The monoisotopic (exact) mass is 480 g/mol. The highest BCUT2D eigenvalue weighted by Gasteiger charge is 2.38. The zero-order chi connectivity index (χ0) is 24.1. The number of ether oxygens (including phenoxy) is 2. The maximum atomic E-state index is 11.6. The zero-order valence-electron chi connectivity index (χ0n) is 18.8. The van der Waals surface area contributed by atoms with Gasteiger partial charge >= 0.3 is 5.97 Å². The summed E-state index contributed by atoms with van der Waals surface area (Å²) in [4.78, 5) is 15.8. The van der Waals surface area contributed by atoms with Gasteiger partial charge in [0.05, 0.1) is 24.4 Å². The summed E-state index contributed by atoms with van der Waals surface area (Å²) in [5.41, 5.74) is 9.66. The first kappa shape index (κ1) is 24.4. The van der Waals surface area contributed by atoms with E-state index in [-0.39, 0.29) is 30.3 Å². The Kier molecular flexibility index (Phi) is 7.97. The summed E-state index contributed by atoms with van der Waals surface area (Å²) in [6.07, 6.45) is 0.549. The van der Waals surface area contributed by atoms with E-state index in [2.05, 4.69) is 11.9 Å². The highest BCUT2D eigenvalue weighted by molar-refractivity contribution is 7.99. The number of aliphatic hydroxyl groups excluding tert-OH is 1. The van der Waals surface area contributed by atoms with E-state index in [1.54, 1.807) is 18.3 Å². The number of nitrogens with zero attached hydrogens (tertiary/aromatic N) is 1. The van der Waals surface area contributed by atoms with E-state index in [0.29, 0.717) is 17.3 Å². The molecule has 1 aromatic heterocycles.